The molecule has 1 N–H and O–H groups in total. The van der Waals surface area contributed by atoms with Crippen LogP contribution < -0.4 is 0 Å². The van der Waals surface area contributed by atoms with Crippen molar-refractivity contribution in [1.29, 1.82) is 0 Å². The minimum absolute atomic E-state index is 0.377. The van der Waals surface area contributed by atoms with Crippen LogP contribution in [0.1, 0.15) is 43.9 Å². The molecule has 0 fully saturated rings. The first-order valence-electron chi connectivity index (χ1n) is 6.59. The Morgan fingerprint density at radius 1 is 0.800 bits per heavy atom. The Kier molecular flexibility index (Phi) is 7.49. The molecule has 2 rings (SSSR count). The molecule has 1 unspecified atom stereocenters. The molecular weight excluding hydrogens is 380 g/mol. The summed E-state index contributed by atoms with van der Waals surface area (Å²) >= 11 is 6.75. The van der Waals surface area contributed by atoms with Crippen molar-refractivity contribution in [3.8, 4) is 0 Å². The van der Waals surface area contributed by atoms with Crippen molar-refractivity contribution in [2.45, 2.75) is 32.8 Å². The van der Waals surface area contributed by atoms with Crippen molar-refractivity contribution in [2.75, 3.05) is 0 Å². The van der Waals surface area contributed by atoms with Gasteiger partial charge in [-0.1, -0.05) is 70.0 Å². The summed E-state index contributed by atoms with van der Waals surface area (Å²) in [4.78, 5) is 0. The molecule has 0 saturated carbocycles. The molecule has 0 aromatic heterocycles. The Labute approximate surface area is 138 Å². The number of benzene rings is 2. The van der Waals surface area contributed by atoms with Crippen LogP contribution in [0.3, 0.4) is 0 Å². The van der Waals surface area contributed by atoms with E-state index in [2.05, 4.69) is 63.9 Å². The van der Waals surface area contributed by atoms with Crippen molar-refractivity contribution in [3.05, 3.63) is 68.6 Å². The van der Waals surface area contributed by atoms with Crippen LogP contribution in [0.4, 0.5) is 0 Å². The predicted molar refractivity (Wildman–Crippen MR) is 93.0 cm³/mol. The predicted octanol–water partition coefficient (Wildman–Crippen LogP) is 6.07. The summed E-state index contributed by atoms with van der Waals surface area (Å²) in [6.07, 6.45) is -0.377. The maximum Gasteiger partial charge on any atom is 0.0762 e. The summed E-state index contributed by atoms with van der Waals surface area (Å²) in [5.74, 6) is 0.623. The molecule has 0 bridgehead atoms. The smallest absolute Gasteiger partial charge is 0.0762 e. The largest absolute Gasteiger partial charge is 0.389 e. The third-order valence-electron chi connectivity index (χ3n) is 2.85. The standard InChI is InChI=1S/C9H11Br.C8H9BrO/c1-7(2)8-4-3-5-9(10)6-8;1-6(10)7-3-2-4-8(9)5-7/h3-7H,1-2H3;2-6,10H,1H3. The SMILES string of the molecule is CC(C)c1cccc(Br)c1.CC(O)c1cccc(Br)c1. The van der Waals surface area contributed by atoms with E-state index < -0.39 is 0 Å². The van der Waals surface area contributed by atoms with Crippen LogP contribution in [-0.2, 0) is 0 Å². The van der Waals surface area contributed by atoms with Crippen molar-refractivity contribution in [3.63, 3.8) is 0 Å². The van der Waals surface area contributed by atoms with Crippen LogP contribution in [0.25, 0.3) is 0 Å². The fourth-order valence-corrected chi connectivity index (χ4v) is 2.47. The average Bonchev–Trinajstić information content (AvgIpc) is 2.39. The molecule has 108 valence electrons. The van der Waals surface area contributed by atoms with Gasteiger partial charge in [0.25, 0.3) is 0 Å². The molecule has 3 heteroatoms. The normalized spacial score (nSPS) is 11.8. The summed E-state index contributed by atoms with van der Waals surface area (Å²) in [6, 6.07) is 16.1. The lowest BCUT2D eigenvalue weighted by molar-refractivity contribution is 0.199. The number of hydrogen-bond donors (Lipinski definition) is 1. The monoisotopic (exact) mass is 398 g/mol. The van der Waals surface area contributed by atoms with Crippen LogP contribution in [0.2, 0.25) is 0 Å². The quantitative estimate of drug-likeness (QED) is 0.649. The maximum atomic E-state index is 9.13. The van der Waals surface area contributed by atoms with E-state index in [0.29, 0.717) is 5.92 Å². The van der Waals surface area contributed by atoms with Crippen LogP contribution >= 0.6 is 31.9 Å². The average molecular weight is 400 g/mol. The van der Waals surface area contributed by atoms with Gasteiger partial charge in [-0.05, 0) is 48.2 Å². The third-order valence-corrected chi connectivity index (χ3v) is 3.83. The summed E-state index contributed by atoms with van der Waals surface area (Å²) in [5.41, 5.74) is 2.32. The molecule has 20 heavy (non-hydrogen) atoms. The van der Waals surface area contributed by atoms with Gasteiger partial charge in [-0.2, -0.15) is 0 Å². The molecule has 0 aliphatic carbocycles. The summed E-state index contributed by atoms with van der Waals surface area (Å²) in [5, 5.41) is 9.13. The van der Waals surface area contributed by atoms with Gasteiger partial charge in [-0.25, -0.2) is 0 Å². The molecule has 0 saturated heterocycles. The van der Waals surface area contributed by atoms with E-state index in [4.69, 9.17) is 5.11 Å². The van der Waals surface area contributed by atoms with Crippen LogP contribution in [0, 0.1) is 0 Å². The van der Waals surface area contributed by atoms with E-state index in [0.717, 1.165) is 10.0 Å². The maximum absolute atomic E-state index is 9.13. The number of aliphatic hydroxyl groups is 1. The highest BCUT2D eigenvalue weighted by Crippen LogP contribution is 2.18. The number of aliphatic hydroxyl groups excluding tert-OH is 1. The zero-order valence-corrected chi connectivity index (χ0v) is 15.1. The lowest BCUT2D eigenvalue weighted by Crippen LogP contribution is -1.88. The Balaban J connectivity index is 0.000000200. The van der Waals surface area contributed by atoms with Gasteiger partial charge >= 0.3 is 0 Å². The molecular formula is C17H20Br2O. The van der Waals surface area contributed by atoms with E-state index in [1.54, 1.807) is 6.92 Å². The highest BCUT2D eigenvalue weighted by atomic mass is 79.9. The van der Waals surface area contributed by atoms with E-state index in [-0.39, 0.29) is 6.10 Å². The van der Waals surface area contributed by atoms with E-state index >= 15 is 0 Å². The molecule has 2 aromatic rings. The van der Waals surface area contributed by atoms with Crippen LogP contribution in [0.15, 0.2) is 57.5 Å². The van der Waals surface area contributed by atoms with Gasteiger partial charge in [0.15, 0.2) is 0 Å². The van der Waals surface area contributed by atoms with Crippen molar-refractivity contribution >= 4 is 31.9 Å². The zero-order valence-electron chi connectivity index (χ0n) is 12.0. The fraction of sp³-hybridized carbons (Fsp3) is 0.294. The zero-order chi connectivity index (χ0) is 15.1. The van der Waals surface area contributed by atoms with Gasteiger partial charge in [0, 0.05) is 8.95 Å². The molecule has 1 nitrogen and oxygen atoms in total. The molecule has 0 aliphatic rings. The molecule has 0 aliphatic heterocycles. The van der Waals surface area contributed by atoms with Gasteiger partial charge in [-0.3, -0.25) is 0 Å². The number of hydrogen-bond acceptors (Lipinski definition) is 1. The highest BCUT2D eigenvalue weighted by molar-refractivity contribution is 9.10. The molecule has 1 atom stereocenters. The fourth-order valence-electron chi connectivity index (χ4n) is 1.63. The van der Waals surface area contributed by atoms with E-state index in [1.807, 2.05) is 30.3 Å². The Hall–Kier alpha value is -0.640. The molecule has 0 amide bonds. The second-order valence-corrected chi connectivity index (χ2v) is 6.77. The lowest BCUT2D eigenvalue weighted by Gasteiger charge is -2.03. The van der Waals surface area contributed by atoms with Crippen molar-refractivity contribution in [2.24, 2.45) is 0 Å². The van der Waals surface area contributed by atoms with Gasteiger partial charge in [-0.15, -0.1) is 0 Å². The van der Waals surface area contributed by atoms with Gasteiger partial charge < -0.3 is 5.11 Å². The Morgan fingerprint density at radius 2 is 1.25 bits per heavy atom. The number of rotatable bonds is 2. The van der Waals surface area contributed by atoms with Gasteiger partial charge in [0.05, 0.1) is 6.10 Å². The molecule has 0 heterocycles. The Morgan fingerprint density at radius 3 is 1.55 bits per heavy atom. The van der Waals surface area contributed by atoms with E-state index in [9.17, 15) is 0 Å². The molecule has 0 radical (unpaired) electrons. The third kappa shape index (κ3) is 6.21. The summed E-state index contributed by atoms with van der Waals surface area (Å²) in [6.45, 7) is 6.14. The highest BCUT2D eigenvalue weighted by Gasteiger charge is 1.98. The van der Waals surface area contributed by atoms with Crippen molar-refractivity contribution < 1.29 is 5.11 Å². The molecule has 2 aromatic carbocycles. The first kappa shape index (κ1) is 17.4. The summed E-state index contributed by atoms with van der Waals surface area (Å²) in [7, 11) is 0. The lowest BCUT2D eigenvalue weighted by atomic mass is 10.0. The second-order valence-electron chi connectivity index (χ2n) is 4.94. The van der Waals surface area contributed by atoms with Crippen LogP contribution in [-0.4, -0.2) is 5.11 Å². The van der Waals surface area contributed by atoms with Gasteiger partial charge in [0.2, 0.25) is 0 Å². The first-order valence-corrected chi connectivity index (χ1v) is 8.17. The summed E-state index contributed by atoms with van der Waals surface area (Å²) < 4.78 is 2.17. The van der Waals surface area contributed by atoms with Crippen molar-refractivity contribution in [1.82, 2.24) is 0 Å². The molecule has 0 spiro atoms. The minimum atomic E-state index is -0.377. The Bertz CT molecular complexity index is 487. The van der Waals surface area contributed by atoms with Crippen LogP contribution in [0.5, 0.6) is 0 Å². The first-order chi connectivity index (χ1) is 9.40. The van der Waals surface area contributed by atoms with E-state index in [1.165, 1.54) is 10.0 Å². The van der Waals surface area contributed by atoms with Gasteiger partial charge in [0.1, 0.15) is 0 Å². The second kappa shape index (κ2) is 8.60. The minimum Gasteiger partial charge on any atom is -0.389 e. The topological polar surface area (TPSA) is 20.2 Å². The number of halogens is 2.